The van der Waals surface area contributed by atoms with E-state index in [2.05, 4.69) is 421 Å². The van der Waals surface area contributed by atoms with Crippen LogP contribution >= 0.6 is 11.3 Å². The van der Waals surface area contributed by atoms with E-state index in [1.165, 1.54) is 44.5 Å². The Hall–Kier alpha value is -18.7. The zero-order valence-electron chi connectivity index (χ0n) is 79.2. The lowest BCUT2D eigenvalue weighted by atomic mass is 9.94. The van der Waals surface area contributed by atoms with Crippen molar-refractivity contribution >= 4 is 196 Å². The third-order valence-corrected chi connectivity index (χ3v) is 30.5. The molecule has 0 N–H and O–H groups in total. The van der Waals surface area contributed by atoms with Gasteiger partial charge in [-0.1, -0.05) is 184 Å². The highest BCUT2D eigenvalue weighted by atomic mass is 32.1. The first-order valence-corrected chi connectivity index (χ1v) is 49.0. The maximum absolute atomic E-state index is 12.9. The summed E-state index contributed by atoms with van der Waals surface area (Å²) in [5, 5.41) is 43.4. The molecule has 29 rings (SSSR count). The van der Waals surface area contributed by atoms with E-state index >= 15 is 0 Å². The molecule has 14 heterocycles. The van der Waals surface area contributed by atoms with Crippen LogP contribution in [0.1, 0.15) is 55.6 Å². The fraction of sp³-hybridized carbons (Fsp3) is 0.0635. The largest absolute Gasteiger partial charge is 0.307 e. The van der Waals surface area contributed by atoms with Crippen molar-refractivity contribution in [2.24, 2.45) is 0 Å². The van der Waals surface area contributed by atoms with Crippen molar-refractivity contribution in [3.63, 3.8) is 0 Å². The molecule has 14 aromatic heterocycles. The molecule has 0 unspecified atom stereocenters. The van der Waals surface area contributed by atoms with Gasteiger partial charge in [-0.15, -0.1) is 11.3 Å². The maximum Gasteiger partial charge on any atom is 0.128 e. The van der Waals surface area contributed by atoms with Gasteiger partial charge in [0.15, 0.2) is 0 Å². The zero-order chi connectivity index (χ0) is 95.7. The monoisotopic (exact) mass is 1850 g/mol. The topological polar surface area (TPSA) is 164 Å². The number of aryl methyl sites for hydroxylation is 8. The molecule has 143 heavy (non-hydrogen) atoms. The number of nitrogens with zero attached hydrogens (tertiary/aromatic N) is 16. The van der Waals surface area contributed by atoms with Crippen LogP contribution in [0.3, 0.4) is 0 Å². The summed E-state index contributed by atoms with van der Waals surface area (Å²) in [5.74, 6) is 0. The predicted molar refractivity (Wildman–Crippen MR) is 588 cm³/mol. The van der Waals surface area contributed by atoms with Crippen LogP contribution in [0.25, 0.3) is 252 Å². The minimum absolute atomic E-state index is 0.467. The molecule has 16 nitrogen and oxygen atoms in total. The zero-order valence-corrected chi connectivity index (χ0v) is 80.0. The first-order chi connectivity index (χ1) is 70.2. The Morgan fingerprint density at radius 3 is 0.762 bits per heavy atom. The van der Waals surface area contributed by atoms with Crippen molar-refractivity contribution in [2.75, 3.05) is 0 Å². The Balaban J connectivity index is 0.000000141. The SMILES string of the molecule is Cc1ccc2c(c1)c1cc(C)ccc1n2-c1c(C#N)c(-n2c3ccc(C)cc3c3cc(C)ccc32)c(-n2c3ccc(C)cc3c3cc(C)ccc32)c(-n2c3ccc(C)cc3c3cc(C)ccc32)c1-c1nc2ccccc2s1.N#Cc1c(-n2c3ccccc3c3cnccc32)c(-c2cccnc2)c(-n2c3ccccc3c3cnccc32)c(-n2c3ccccc3c3cnccc32)c1-n1c2ccccc2c2cnccc21. The van der Waals surface area contributed by atoms with E-state index in [0.29, 0.717) is 22.5 Å². The molecule has 674 valence electrons. The van der Waals surface area contributed by atoms with Crippen molar-refractivity contribution in [3.8, 4) is 79.3 Å². The quantitative estimate of drug-likeness (QED) is 0.131. The van der Waals surface area contributed by atoms with Crippen molar-refractivity contribution in [1.82, 2.24) is 66.4 Å². The van der Waals surface area contributed by atoms with Gasteiger partial charge in [0.1, 0.15) is 28.3 Å². The van der Waals surface area contributed by atoms with Crippen LogP contribution in [-0.4, -0.2) is 66.4 Å². The third kappa shape index (κ3) is 12.0. The van der Waals surface area contributed by atoms with Gasteiger partial charge in [0, 0.05) is 159 Å². The number of benzene rings is 15. The number of nitriles is 2. The molecule has 0 fully saturated rings. The van der Waals surface area contributed by atoms with E-state index in [-0.39, 0.29) is 0 Å². The molecule has 0 radical (unpaired) electrons. The molecule has 0 bridgehead atoms. The lowest BCUT2D eigenvalue weighted by molar-refractivity contribution is 1.03. The summed E-state index contributed by atoms with van der Waals surface area (Å²) >= 11 is 1.69. The molecule has 29 aromatic rings. The minimum atomic E-state index is 0.467. The number of thiazole rings is 1. The molecule has 0 atom stereocenters. The summed E-state index contributed by atoms with van der Waals surface area (Å²) in [5.41, 5.74) is 36.2. The molecule has 15 aromatic carbocycles. The third-order valence-electron chi connectivity index (χ3n) is 29.5. The highest BCUT2D eigenvalue weighted by Crippen LogP contribution is 2.57. The molecule has 0 saturated heterocycles. The average Bonchev–Trinajstić information content (AvgIpc) is 1.54. The Kier molecular flexibility index (Phi) is 18.1. The van der Waals surface area contributed by atoms with Crippen LogP contribution in [0, 0.1) is 78.1 Å². The second-order valence-electron chi connectivity index (χ2n) is 38.2. The van der Waals surface area contributed by atoms with Crippen molar-refractivity contribution in [1.29, 1.82) is 10.5 Å². The van der Waals surface area contributed by atoms with Crippen LogP contribution in [-0.2, 0) is 0 Å². The van der Waals surface area contributed by atoms with Gasteiger partial charge in [-0.25, -0.2) is 4.98 Å². The van der Waals surface area contributed by atoms with Gasteiger partial charge in [0.2, 0.25) is 0 Å². The van der Waals surface area contributed by atoms with Gasteiger partial charge >= 0.3 is 0 Å². The fourth-order valence-corrected chi connectivity index (χ4v) is 24.5. The summed E-state index contributed by atoms with van der Waals surface area (Å²) in [6.07, 6.45) is 18.8. The number of aromatic nitrogens is 14. The highest BCUT2D eigenvalue weighted by molar-refractivity contribution is 7.21. The standard InChI is InChI=1S/C70H52N6S.C56H32N10/c1-38-13-21-56-46(29-38)47-30-39(2)14-22-57(47)73(56)66-54(37-71)67(74-58-23-15-40(3)31-48(58)49-32-41(4)16-24-59(49)74)69(76-62-27-19-44(7)35-52(62)53-36-45(8)20-28-63(53)76)68(65(66)70-72-55-11-9-10-12-64(55)77-70)75-60-25-17-42(5)33-50(60)51-34-43(6)18-26-61(51)75;57-28-39-53(63-44-15-5-1-11-35(44)40-30-59-24-19-48(40)63)52(34-10-9-23-58-29-34)55(65-46-17-7-3-13-37(46)42-32-61-26-21-50(42)65)56(66-47-18-8-4-14-38(47)43-33-62-27-22-51(43)66)54(39)64-45-16-6-2-12-36(45)41-31-60-25-20-49(41)64/h9-36H,1-8H3;1-27,29-33H. The summed E-state index contributed by atoms with van der Waals surface area (Å²) < 4.78 is 20.2. The van der Waals surface area contributed by atoms with E-state index in [0.717, 1.165) is 240 Å². The molecule has 0 aliphatic heterocycles. The average molecular weight is 1850 g/mol. The summed E-state index contributed by atoms with van der Waals surface area (Å²) in [7, 11) is 0. The number of pyridine rings is 5. The van der Waals surface area contributed by atoms with Gasteiger partial charge < -0.3 is 36.5 Å². The second kappa shape index (κ2) is 31.4. The molecular weight excluding hydrogens is 1770 g/mol. The lowest BCUT2D eigenvalue weighted by Crippen LogP contribution is -2.16. The number of rotatable bonds is 10. The normalized spacial score (nSPS) is 12.0. The predicted octanol–water partition coefficient (Wildman–Crippen LogP) is 31.3. The van der Waals surface area contributed by atoms with Crippen molar-refractivity contribution in [2.45, 2.75) is 55.4 Å². The first-order valence-electron chi connectivity index (χ1n) is 48.2. The van der Waals surface area contributed by atoms with E-state index < -0.39 is 0 Å². The Morgan fingerprint density at radius 1 is 0.210 bits per heavy atom. The number of hydrogen-bond acceptors (Lipinski definition) is 9. The number of hydrogen-bond donors (Lipinski definition) is 0. The Bertz CT molecular complexity index is 10300. The highest BCUT2D eigenvalue weighted by Gasteiger charge is 2.40. The van der Waals surface area contributed by atoms with E-state index in [1.807, 2.05) is 61.8 Å². The molecule has 0 saturated carbocycles. The Morgan fingerprint density at radius 2 is 0.462 bits per heavy atom. The summed E-state index contributed by atoms with van der Waals surface area (Å²) in [4.78, 5) is 29.2. The van der Waals surface area contributed by atoms with E-state index in [1.54, 1.807) is 17.5 Å². The van der Waals surface area contributed by atoms with Crippen molar-refractivity contribution < 1.29 is 0 Å². The maximum atomic E-state index is 12.9. The number of fused-ring (bicyclic) bond motifs is 25. The van der Waals surface area contributed by atoms with Crippen LogP contribution in [0.2, 0.25) is 0 Å². The molecule has 17 heteroatoms. The van der Waals surface area contributed by atoms with Gasteiger partial charge in [-0.2, -0.15) is 10.5 Å². The molecular formula is C126H84N16S. The van der Waals surface area contributed by atoms with E-state index in [9.17, 15) is 10.5 Å². The van der Waals surface area contributed by atoms with Gasteiger partial charge in [0.25, 0.3) is 0 Å². The van der Waals surface area contributed by atoms with Crippen LogP contribution in [0.4, 0.5) is 0 Å². The van der Waals surface area contributed by atoms with Crippen molar-refractivity contribution in [3.05, 3.63) is 421 Å². The number of para-hydroxylation sites is 5. The molecule has 0 spiro atoms. The molecule has 0 aliphatic carbocycles. The van der Waals surface area contributed by atoms with E-state index in [4.69, 9.17) is 9.97 Å². The fourth-order valence-electron chi connectivity index (χ4n) is 23.5. The second-order valence-corrected chi connectivity index (χ2v) is 39.3. The smallest absolute Gasteiger partial charge is 0.128 e. The molecule has 0 amide bonds. The first kappa shape index (κ1) is 82.6. The minimum Gasteiger partial charge on any atom is -0.307 e. The molecule has 0 aliphatic rings. The van der Waals surface area contributed by atoms with Crippen LogP contribution in [0.5, 0.6) is 0 Å². The van der Waals surface area contributed by atoms with Crippen LogP contribution in [0.15, 0.2) is 365 Å². The summed E-state index contributed by atoms with van der Waals surface area (Å²) in [6.45, 7) is 17.4. The Labute approximate surface area is 822 Å². The van der Waals surface area contributed by atoms with Gasteiger partial charge in [0.05, 0.1) is 150 Å². The summed E-state index contributed by atoms with van der Waals surface area (Å²) in [6, 6.07) is 115. The van der Waals surface area contributed by atoms with Gasteiger partial charge in [-0.3, -0.25) is 24.9 Å². The van der Waals surface area contributed by atoms with Crippen LogP contribution < -0.4 is 0 Å². The lowest BCUT2D eigenvalue weighted by Gasteiger charge is -2.29. The van der Waals surface area contributed by atoms with Gasteiger partial charge in [-0.05, 0) is 219 Å².